The molecule has 3 nitrogen and oxygen atoms in total. The van der Waals surface area contributed by atoms with E-state index in [1.807, 2.05) is 0 Å². The maximum atomic E-state index is 13.0. The van der Waals surface area contributed by atoms with Crippen LogP contribution in [0.5, 0.6) is 0 Å². The van der Waals surface area contributed by atoms with E-state index in [1.54, 1.807) is 4.90 Å². The molecule has 1 N–H and O–H groups in total. The summed E-state index contributed by atoms with van der Waals surface area (Å²) in [4.78, 5) is 13.3. The molecule has 2 rings (SSSR count). The van der Waals surface area contributed by atoms with Gasteiger partial charge >= 0.3 is 0 Å². The van der Waals surface area contributed by atoms with Gasteiger partial charge in [-0.2, -0.15) is 0 Å². The molecule has 2 aliphatic heterocycles. The van der Waals surface area contributed by atoms with E-state index in [9.17, 15) is 9.18 Å². The maximum Gasteiger partial charge on any atom is 0.228 e. The summed E-state index contributed by atoms with van der Waals surface area (Å²) in [6.07, 6.45) is 0.630. The van der Waals surface area contributed by atoms with E-state index in [0.29, 0.717) is 13.0 Å². The highest BCUT2D eigenvalue weighted by Crippen LogP contribution is 2.16. The third kappa shape index (κ3) is 1.82. The molecule has 0 aromatic heterocycles. The SMILES string of the molecule is O=C(C1CNC1)N1CCC[C@@H](F)C1. The Kier molecular flexibility index (Phi) is 2.49. The van der Waals surface area contributed by atoms with Crippen molar-refractivity contribution in [1.82, 2.24) is 10.2 Å². The lowest BCUT2D eigenvalue weighted by Crippen LogP contribution is -2.54. The van der Waals surface area contributed by atoms with Gasteiger partial charge in [0.1, 0.15) is 6.17 Å². The zero-order valence-corrected chi connectivity index (χ0v) is 7.63. The summed E-state index contributed by atoms with van der Waals surface area (Å²) in [5.41, 5.74) is 0. The second kappa shape index (κ2) is 3.62. The summed E-state index contributed by atoms with van der Waals surface area (Å²) in [6.45, 7) is 2.60. The molecule has 0 aromatic rings. The lowest BCUT2D eigenvalue weighted by atomic mass is 10.00. The van der Waals surface area contributed by atoms with Crippen molar-refractivity contribution < 1.29 is 9.18 Å². The maximum absolute atomic E-state index is 13.0. The molecule has 1 atom stereocenters. The number of hydrogen-bond acceptors (Lipinski definition) is 2. The molecule has 2 fully saturated rings. The molecular weight excluding hydrogens is 171 g/mol. The van der Waals surface area contributed by atoms with E-state index in [4.69, 9.17) is 0 Å². The van der Waals surface area contributed by atoms with Gasteiger partial charge in [-0.05, 0) is 12.8 Å². The first-order chi connectivity index (χ1) is 6.27. The molecule has 2 heterocycles. The van der Waals surface area contributed by atoms with Crippen molar-refractivity contribution in [2.24, 2.45) is 5.92 Å². The van der Waals surface area contributed by atoms with Crippen LogP contribution in [0.15, 0.2) is 0 Å². The molecule has 74 valence electrons. The number of amides is 1. The van der Waals surface area contributed by atoms with Gasteiger partial charge in [0.2, 0.25) is 5.91 Å². The normalized spacial score (nSPS) is 29.9. The van der Waals surface area contributed by atoms with Crippen molar-refractivity contribution in [2.75, 3.05) is 26.2 Å². The van der Waals surface area contributed by atoms with E-state index in [0.717, 1.165) is 26.1 Å². The minimum atomic E-state index is -0.800. The van der Waals surface area contributed by atoms with E-state index < -0.39 is 6.17 Å². The quantitative estimate of drug-likeness (QED) is 0.633. The van der Waals surface area contributed by atoms with Crippen molar-refractivity contribution in [1.29, 1.82) is 0 Å². The molecule has 0 unspecified atom stereocenters. The summed E-state index contributed by atoms with van der Waals surface area (Å²) in [6, 6.07) is 0. The Morgan fingerprint density at radius 3 is 2.77 bits per heavy atom. The van der Waals surface area contributed by atoms with Crippen LogP contribution in [0, 0.1) is 5.92 Å². The van der Waals surface area contributed by atoms with Crippen molar-refractivity contribution in [3.8, 4) is 0 Å². The number of nitrogens with one attached hydrogen (secondary N) is 1. The van der Waals surface area contributed by atoms with Gasteiger partial charge in [0.15, 0.2) is 0 Å². The summed E-state index contributed by atoms with van der Waals surface area (Å²) in [7, 11) is 0. The predicted octanol–water partition coefficient (Wildman–Crippen LogP) is 0.166. The molecule has 0 bridgehead atoms. The second-order valence-electron chi connectivity index (χ2n) is 3.88. The first-order valence-corrected chi connectivity index (χ1v) is 4.91. The highest BCUT2D eigenvalue weighted by atomic mass is 19.1. The lowest BCUT2D eigenvalue weighted by Gasteiger charge is -2.35. The van der Waals surface area contributed by atoms with Crippen molar-refractivity contribution in [2.45, 2.75) is 19.0 Å². The smallest absolute Gasteiger partial charge is 0.228 e. The van der Waals surface area contributed by atoms with Gasteiger partial charge in [-0.3, -0.25) is 4.79 Å². The topological polar surface area (TPSA) is 32.3 Å². The van der Waals surface area contributed by atoms with Gasteiger partial charge in [-0.15, -0.1) is 0 Å². The van der Waals surface area contributed by atoms with Crippen molar-refractivity contribution >= 4 is 5.91 Å². The molecule has 1 amide bonds. The zero-order valence-electron chi connectivity index (χ0n) is 7.63. The van der Waals surface area contributed by atoms with Gasteiger partial charge in [-0.25, -0.2) is 4.39 Å². The minimum absolute atomic E-state index is 0.116. The second-order valence-corrected chi connectivity index (χ2v) is 3.88. The average molecular weight is 186 g/mol. The molecule has 0 saturated carbocycles. The fourth-order valence-electron chi connectivity index (χ4n) is 1.85. The van der Waals surface area contributed by atoms with Crippen LogP contribution >= 0.6 is 0 Å². The summed E-state index contributed by atoms with van der Waals surface area (Å²) in [5, 5.41) is 3.05. The number of halogens is 1. The Labute approximate surface area is 77.3 Å². The first kappa shape index (κ1) is 8.94. The monoisotopic (exact) mass is 186 g/mol. The van der Waals surface area contributed by atoms with Crippen molar-refractivity contribution in [3.63, 3.8) is 0 Å². The average Bonchev–Trinajstić information content (AvgIpc) is 2.01. The number of alkyl halides is 1. The van der Waals surface area contributed by atoms with Crippen molar-refractivity contribution in [3.05, 3.63) is 0 Å². The van der Waals surface area contributed by atoms with Crippen LogP contribution in [0.25, 0.3) is 0 Å². The Balaban J connectivity index is 1.87. The molecule has 4 heteroatoms. The van der Waals surface area contributed by atoms with Gasteiger partial charge in [0.05, 0.1) is 12.5 Å². The fourth-order valence-corrected chi connectivity index (χ4v) is 1.85. The Hall–Kier alpha value is -0.640. The fraction of sp³-hybridized carbons (Fsp3) is 0.889. The van der Waals surface area contributed by atoms with E-state index in [1.165, 1.54) is 0 Å². The predicted molar refractivity (Wildman–Crippen MR) is 47.1 cm³/mol. The van der Waals surface area contributed by atoms with Crippen LogP contribution in [-0.2, 0) is 4.79 Å². The van der Waals surface area contributed by atoms with Crippen LogP contribution in [0.1, 0.15) is 12.8 Å². The van der Waals surface area contributed by atoms with Crippen LogP contribution in [0.2, 0.25) is 0 Å². The number of nitrogens with zero attached hydrogens (tertiary/aromatic N) is 1. The number of likely N-dealkylation sites (tertiary alicyclic amines) is 1. The van der Waals surface area contributed by atoms with Crippen LogP contribution in [0.3, 0.4) is 0 Å². The summed E-state index contributed by atoms with van der Waals surface area (Å²) < 4.78 is 13.0. The molecule has 0 aromatic carbocycles. The number of hydrogen-bond donors (Lipinski definition) is 1. The van der Waals surface area contributed by atoms with Gasteiger partial charge in [0.25, 0.3) is 0 Å². The highest BCUT2D eigenvalue weighted by Gasteiger charge is 2.31. The van der Waals surface area contributed by atoms with Crippen LogP contribution in [-0.4, -0.2) is 43.2 Å². The molecule has 0 radical (unpaired) electrons. The summed E-state index contributed by atoms with van der Waals surface area (Å²) >= 11 is 0. The van der Waals surface area contributed by atoms with Gasteiger partial charge < -0.3 is 10.2 Å². The van der Waals surface area contributed by atoms with Gasteiger partial charge in [0, 0.05) is 19.6 Å². The zero-order chi connectivity index (χ0) is 9.26. The number of carbonyl (C=O) groups excluding carboxylic acids is 1. The molecule has 2 aliphatic rings. The standard InChI is InChI=1S/C9H15FN2O/c10-8-2-1-3-12(6-8)9(13)7-4-11-5-7/h7-8,11H,1-6H2/t8-/m1/s1. The Bertz CT molecular complexity index is 206. The first-order valence-electron chi connectivity index (χ1n) is 4.91. The molecular formula is C9H15FN2O. The molecule has 13 heavy (non-hydrogen) atoms. The van der Waals surface area contributed by atoms with E-state index in [-0.39, 0.29) is 11.8 Å². The molecule has 0 spiro atoms. The van der Waals surface area contributed by atoms with Crippen LogP contribution < -0.4 is 5.32 Å². The minimum Gasteiger partial charge on any atom is -0.339 e. The summed E-state index contributed by atoms with van der Waals surface area (Å²) in [5.74, 6) is 0.256. The number of rotatable bonds is 1. The molecule has 0 aliphatic carbocycles. The number of piperidine rings is 1. The highest BCUT2D eigenvalue weighted by molar-refractivity contribution is 5.80. The number of carbonyl (C=O) groups is 1. The lowest BCUT2D eigenvalue weighted by molar-refractivity contribution is -0.139. The Morgan fingerprint density at radius 1 is 1.46 bits per heavy atom. The van der Waals surface area contributed by atoms with E-state index >= 15 is 0 Å². The largest absolute Gasteiger partial charge is 0.339 e. The third-order valence-corrected chi connectivity index (χ3v) is 2.81. The molecule has 2 saturated heterocycles. The Morgan fingerprint density at radius 2 is 2.23 bits per heavy atom. The van der Waals surface area contributed by atoms with Crippen LogP contribution in [0.4, 0.5) is 4.39 Å². The van der Waals surface area contributed by atoms with E-state index in [2.05, 4.69) is 5.32 Å². The third-order valence-electron chi connectivity index (χ3n) is 2.81. The van der Waals surface area contributed by atoms with Gasteiger partial charge in [-0.1, -0.05) is 0 Å².